The van der Waals surface area contributed by atoms with Crippen LogP contribution in [-0.4, -0.2) is 12.5 Å². The minimum atomic E-state index is -0.136. The third kappa shape index (κ3) is 2.99. The molecule has 0 aliphatic carbocycles. The van der Waals surface area contributed by atoms with Crippen molar-refractivity contribution in [3.63, 3.8) is 0 Å². The molecule has 0 atom stereocenters. The molecule has 1 aromatic rings. The monoisotopic (exact) mass is 217 g/mol. The topological polar surface area (TPSA) is 78.9 Å². The maximum Gasteiger partial charge on any atom is 0.251 e. The number of anilines is 1. The number of hydrogen-bond donors (Lipinski definition) is 2. The van der Waals surface area contributed by atoms with Crippen molar-refractivity contribution in [1.82, 2.24) is 5.32 Å². The van der Waals surface area contributed by atoms with Crippen LogP contribution in [0.3, 0.4) is 0 Å². The van der Waals surface area contributed by atoms with Crippen LogP contribution in [0.25, 0.3) is 0 Å². The number of nitrogens with one attached hydrogen (secondary N) is 1. The van der Waals surface area contributed by atoms with Gasteiger partial charge in [0.2, 0.25) is 0 Å². The van der Waals surface area contributed by atoms with Gasteiger partial charge in [0.15, 0.2) is 0 Å². The van der Waals surface area contributed by atoms with Crippen LogP contribution in [0.15, 0.2) is 18.2 Å². The van der Waals surface area contributed by atoms with Crippen molar-refractivity contribution in [3.05, 3.63) is 29.3 Å². The highest BCUT2D eigenvalue weighted by Crippen LogP contribution is 2.15. The van der Waals surface area contributed by atoms with Gasteiger partial charge in [-0.2, -0.15) is 5.26 Å². The number of hydrogen-bond acceptors (Lipinski definition) is 3. The SMILES string of the molecule is Cc1c(N)cccc1C(=O)NCCCC#N. The van der Waals surface area contributed by atoms with Crippen molar-refractivity contribution >= 4 is 11.6 Å². The van der Waals surface area contributed by atoms with Crippen LogP contribution in [0.5, 0.6) is 0 Å². The lowest BCUT2D eigenvalue weighted by molar-refractivity contribution is 0.0953. The Morgan fingerprint density at radius 1 is 1.56 bits per heavy atom. The Morgan fingerprint density at radius 2 is 2.31 bits per heavy atom. The molecule has 0 unspecified atom stereocenters. The minimum absolute atomic E-state index is 0.136. The van der Waals surface area contributed by atoms with Gasteiger partial charge in [0, 0.05) is 24.2 Å². The number of nitriles is 1. The van der Waals surface area contributed by atoms with E-state index in [1.807, 2.05) is 13.0 Å². The molecule has 0 aliphatic heterocycles. The van der Waals surface area contributed by atoms with Crippen LogP contribution >= 0.6 is 0 Å². The molecule has 0 spiro atoms. The van der Waals surface area contributed by atoms with E-state index in [2.05, 4.69) is 5.32 Å². The lowest BCUT2D eigenvalue weighted by atomic mass is 10.1. The molecule has 84 valence electrons. The van der Waals surface area contributed by atoms with E-state index in [9.17, 15) is 4.79 Å². The fraction of sp³-hybridized carbons (Fsp3) is 0.333. The minimum Gasteiger partial charge on any atom is -0.398 e. The zero-order valence-corrected chi connectivity index (χ0v) is 9.29. The zero-order chi connectivity index (χ0) is 12.0. The van der Waals surface area contributed by atoms with Crippen LogP contribution in [0.1, 0.15) is 28.8 Å². The number of nitrogens with two attached hydrogens (primary N) is 1. The first-order valence-electron chi connectivity index (χ1n) is 5.17. The number of carbonyl (C=O) groups is 1. The van der Waals surface area contributed by atoms with Gasteiger partial charge in [-0.05, 0) is 31.0 Å². The van der Waals surface area contributed by atoms with Crippen LogP contribution in [0.4, 0.5) is 5.69 Å². The van der Waals surface area contributed by atoms with Gasteiger partial charge in [-0.25, -0.2) is 0 Å². The second kappa shape index (κ2) is 5.76. The molecule has 1 aromatic carbocycles. The molecule has 0 bridgehead atoms. The summed E-state index contributed by atoms with van der Waals surface area (Å²) in [5.41, 5.74) is 7.71. The van der Waals surface area contributed by atoms with E-state index in [0.29, 0.717) is 30.6 Å². The van der Waals surface area contributed by atoms with Crippen molar-refractivity contribution in [2.24, 2.45) is 0 Å². The summed E-state index contributed by atoms with van der Waals surface area (Å²) in [5.74, 6) is -0.136. The quantitative estimate of drug-likeness (QED) is 0.594. The first-order valence-corrected chi connectivity index (χ1v) is 5.17. The normalized spacial score (nSPS) is 9.50. The molecule has 16 heavy (non-hydrogen) atoms. The van der Waals surface area contributed by atoms with E-state index < -0.39 is 0 Å². The fourth-order valence-electron chi connectivity index (χ4n) is 1.36. The number of amides is 1. The highest BCUT2D eigenvalue weighted by Gasteiger charge is 2.09. The molecule has 4 nitrogen and oxygen atoms in total. The number of rotatable bonds is 4. The van der Waals surface area contributed by atoms with Crippen molar-refractivity contribution in [2.75, 3.05) is 12.3 Å². The van der Waals surface area contributed by atoms with E-state index in [-0.39, 0.29) is 5.91 Å². The third-order valence-electron chi connectivity index (χ3n) is 2.37. The molecule has 4 heteroatoms. The molecule has 0 heterocycles. The molecular weight excluding hydrogens is 202 g/mol. The molecule has 1 rings (SSSR count). The van der Waals surface area contributed by atoms with Crippen LogP contribution in [0.2, 0.25) is 0 Å². The van der Waals surface area contributed by atoms with Gasteiger partial charge in [-0.15, -0.1) is 0 Å². The number of unbranched alkanes of at least 4 members (excludes halogenated alkanes) is 1. The molecule has 0 aliphatic rings. The Kier molecular flexibility index (Phi) is 4.34. The largest absolute Gasteiger partial charge is 0.398 e. The average molecular weight is 217 g/mol. The number of benzene rings is 1. The average Bonchev–Trinajstić information content (AvgIpc) is 2.28. The van der Waals surface area contributed by atoms with Gasteiger partial charge in [0.1, 0.15) is 0 Å². The molecule has 0 aromatic heterocycles. The number of carbonyl (C=O) groups excluding carboxylic acids is 1. The summed E-state index contributed by atoms with van der Waals surface area (Å²) < 4.78 is 0. The highest BCUT2D eigenvalue weighted by molar-refractivity contribution is 5.96. The van der Waals surface area contributed by atoms with Crippen LogP contribution in [-0.2, 0) is 0 Å². The van der Waals surface area contributed by atoms with Gasteiger partial charge in [-0.1, -0.05) is 6.07 Å². The van der Waals surface area contributed by atoms with Crippen LogP contribution in [0, 0.1) is 18.3 Å². The summed E-state index contributed by atoms with van der Waals surface area (Å²) in [6.45, 7) is 2.33. The molecule has 0 fully saturated rings. The summed E-state index contributed by atoms with van der Waals surface area (Å²) in [4.78, 5) is 11.7. The lowest BCUT2D eigenvalue weighted by Crippen LogP contribution is -2.25. The Morgan fingerprint density at radius 3 is 3.00 bits per heavy atom. The predicted molar refractivity (Wildman–Crippen MR) is 62.8 cm³/mol. The number of nitrogen functional groups attached to an aromatic ring is 1. The summed E-state index contributed by atoms with van der Waals surface area (Å²) in [7, 11) is 0. The third-order valence-corrected chi connectivity index (χ3v) is 2.37. The van der Waals surface area contributed by atoms with Crippen LogP contribution < -0.4 is 11.1 Å². The molecule has 1 amide bonds. The Hall–Kier alpha value is -2.02. The van der Waals surface area contributed by atoms with E-state index in [4.69, 9.17) is 11.0 Å². The maximum atomic E-state index is 11.7. The molecular formula is C12H15N3O. The van der Waals surface area contributed by atoms with E-state index in [1.54, 1.807) is 18.2 Å². The van der Waals surface area contributed by atoms with Crippen molar-refractivity contribution in [3.8, 4) is 6.07 Å². The lowest BCUT2D eigenvalue weighted by Gasteiger charge is -2.08. The van der Waals surface area contributed by atoms with Crippen molar-refractivity contribution < 1.29 is 4.79 Å². The first kappa shape index (κ1) is 12.1. The van der Waals surface area contributed by atoms with E-state index in [0.717, 1.165) is 5.56 Å². The fourth-order valence-corrected chi connectivity index (χ4v) is 1.36. The second-order valence-corrected chi connectivity index (χ2v) is 3.54. The second-order valence-electron chi connectivity index (χ2n) is 3.54. The van der Waals surface area contributed by atoms with E-state index >= 15 is 0 Å². The smallest absolute Gasteiger partial charge is 0.251 e. The van der Waals surface area contributed by atoms with Crippen molar-refractivity contribution in [1.29, 1.82) is 5.26 Å². The molecule has 3 N–H and O–H groups in total. The summed E-state index contributed by atoms with van der Waals surface area (Å²) >= 11 is 0. The van der Waals surface area contributed by atoms with Gasteiger partial charge in [0.05, 0.1) is 6.07 Å². The number of nitrogens with zero attached hydrogens (tertiary/aromatic N) is 1. The Balaban J connectivity index is 2.60. The standard InChI is InChI=1S/C12H15N3O/c1-9-10(5-4-6-11(9)14)12(16)15-8-3-2-7-13/h4-6H,2-3,8,14H2,1H3,(H,15,16). The predicted octanol–water partition coefficient (Wildman–Crippen LogP) is 1.61. The summed E-state index contributed by atoms with van der Waals surface area (Å²) in [5, 5.41) is 11.1. The highest BCUT2D eigenvalue weighted by atomic mass is 16.1. The van der Waals surface area contributed by atoms with Gasteiger partial charge >= 0.3 is 0 Å². The zero-order valence-electron chi connectivity index (χ0n) is 9.29. The summed E-state index contributed by atoms with van der Waals surface area (Å²) in [6, 6.07) is 7.29. The Labute approximate surface area is 95.1 Å². The van der Waals surface area contributed by atoms with Gasteiger partial charge < -0.3 is 11.1 Å². The first-order chi connectivity index (χ1) is 7.66. The van der Waals surface area contributed by atoms with Crippen molar-refractivity contribution in [2.45, 2.75) is 19.8 Å². The van der Waals surface area contributed by atoms with Gasteiger partial charge in [-0.3, -0.25) is 4.79 Å². The maximum absolute atomic E-state index is 11.7. The van der Waals surface area contributed by atoms with E-state index in [1.165, 1.54) is 0 Å². The summed E-state index contributed by atoms with van der Waals surface area (Å²) in [6.07, 6.45) is 1.12. The molecule has 0 radical (unpaired) electrons. The van der Waals surface area contributed by atoms with Gasteiger partial charge in [0.25, 0.3) is 5.91 Å². The Bertz CT molecular complexity index is 421. The molecule has 0 saturated heterocycles. The molecule has 0 saturated carbocycles.